The summed E-state index contributed by atoms with van der Waals surface area (Å²) in [6.07, 6.45) is 2.34. The van der Waals surface area contributed by atoms with Crippen molar-refractivity contribution in [2.24, 2.45) is 5.41 Å². The molecule has 0 aromatic rings. The van der Waals surface area contributed by atoms with E-state index in [0.717, 1.165) is 12.8 Å². The third-order valence-electron chi connectivity index (χ3n) is 2.91. The first-order valence-electron chi connectivity index (χ1n) is 7.57. The van der Waals surface area contributed by atoms with Crippen molar-refractivity contribution in [2.45, 2.75) is 78.9 Å². The topological polar surface area (TPSA) is 75.6 Å². The SMILES string of the molecule is CC(C)(C)CCCC(=O)NC(CCOC(C)(C)C)C(=O)O. The molecule has 0 spiro atoms. The Hall–Kier alpha value is -1.10. The molecule has 0 aliphatic carbocycles. The summed E-state index contributed by atoms with van der Waals surface area (Å²) in [7, 11) is 0. The fourth-order valence-corrected chi connectivity index (χ4v) is 1.79. The number of carbonyl (C=O) groups is 2. The van der Waals surface area contributed by atoms with Crippen molar-refractivity contribution in [1.29, 1.82) is 0 Å². The van der Waals surface area contributed by atoms with Gasteiger partial charge in [0.05, 0.1) is 5.60 Å². The monoisotopic (exact) mass is 301 g/mol. The van der Waals surface area contributed by atoms with E-state index < -0.39 is 12.0 Å². The summed E-state index contributed by atoms with van der Waals surface area (Å²) in [6.45, 7) is 12.4. The van der Waals surface area contributed by atoms with E-state index in [0.29, 0.717) is 13.0 Å². The number of aliphatic carboxylic acids is 1. The molecule has 1 atom stereocenters. The van der Waals surface area contributed by atoms with Crippen LogP contribution < -0.4 is 5.32 Å². The van der Waals surface area contributed by atoms with Crippen LogP contribution in [0.2, 0.25) is 0 Å². The number of carbonyl (C=O) groups excluding carboxylic acids is 1. The fraction of sp³-hybridized carbons (Fsp3) is 0.875. The van der Waals surface area contributed by atoms with Gasteiger partial charge in [-0.2, -0.15) is 0 Å². The second-order valence-corrected chi connectivity index (χ2v) is 7.62. The van der Waals surface area contributed by atoms with Crippen LogP contribution in [-0.4, -0.2) is 35.2 Å². The normalized spacial score (nSPS) is 13.8. The van der Waals surface area contributed by atoms with E-state index in [1.54, 1.807) is 0 Å². The molecule has 124 valence electrons. The molecule has 0 aliphatic heterocycles. The lowest BCUT2D eigenvalue weighted by molar-refractivity contribution is -0.142. The minimum absolute atomic E-state index is 0.188. The highest BCUT2D eigenvalue weighted by atomic mass is 16.5. The molecule has 0 bridgehead atoms. The standard InChI is InChI=1S/C16H31NO4/c1-15(2,3)10-7-8-13(18)17-12(14(19)20)9-11-21-16(4,5)6/h12H,7-11H2,1-6H3,(H,17,18)(H,19,20). The molecule has 5 nitrogen and oxygen atoms in total. The summed E-state index contributed by atoms with van der Waals surface area (Å²) in [5.74, 6) is -1.22. The Morgan fingerprint density at radius 3 is 2.14 bits per heavy atom. The van der Waals surface area contributed by atoms with E-state index in [1.165, 1.54) is 0 Å². The van der Waals surface area contributed by atoms with Crippen molar-refractivity contribution >= 4 is 11.9 Å². The second kappa shape index (κ2) is 8.37. The minimum Gasteiger partial charge on any atom is -0.480 e. The van der Waals surface area contributed by atoms with Gasteiger partial charge in [0.25, 0.3) is 0 Å². The first-order valence-corrected chi connectivity index (χ1v) is 7.57. The number of amides is 1. The zero-order valence-corrected chi connectivity index (χ0v) is 14.3. The van der Waals surface area contributed by atoms with E-state index in [-0.39, 0.29) is 23.3 Å². The molecule has 0 radical (unpaired) electrons. The van der Waals surface area contributed by atoms with Gasteiger partial charge in [-0.1, -0.05) is 20.8 Å². The molecule has 0 aromatic heterocycles. The van der Waals surface area contributed by atoms with E-state index in [2.05, 4.69) is 26.1 Å². The van der Waals surface area contributed by atoms with Crippen LogP contribution in [0.5, 0.6) is 0 Å². The third kappa shape index (κ3) is 12.4. The van der Waals surface area contributed by atoms with Crippen LogP contribution in [-0.2, 0) is 14.3 Å². The van der Waals surface area contributed by atoms with Gasteiger partial charge in [0, 0.05) is 19.4 Å². The molecule has 0 aromatic carbocycles. The molecular formula is C16H31NO4. The van der Waals surface area contributed by atoms with E-state index in [9.17, 15) is 9.59 Å². The van der Waals surface area contributed by atoms with Crippen LogP contribution in [0.1, 0.15) is 67.2 Å². The van der Waals surface area contributed by atoms with Crippen LogP contribution in [0.4, 0.5) is 0 Å². The molecule has 0 saturated heterocycles. The van der Waals surface area contributed by atoms with Crippen molar-refractivity contribution in [3.05, 3.63) is 0 Å². The molecule has 0 heterocycles. The predicted octanol–water partition coefficient (Wildman–Crippen LogP) is 2.98. The Morgan fingerprint density at radius 2 is 1.71 bits per heavy atom. The maximum absolute atomic E-state index is 11.8. The maximum atomic E-state index is 11.8. The number of hydrogen-bond donors (Lipinski definition) is 2. The van der Waals surface area contributed by atoms with Crippen LogP contribution in [0.3, 0.4) is 0 Å². The molecule has 21 heavy (non-hydrogen) atoms. The van der Waals surface area contributed by atoms with Gasteiger partial charge >= 0.3 is 5.97 Å². The van der Waals surface area contributed by atoms with Crippen LogP contribution >= 0.6 is 0 Å². The van der Waals surface area contributed by atoms with Crippen LogP contribution in [0.15, 0.2) is 0 Å². The van der Waals surface area contributed by atoms with E-state index >= 15 is 0 Å². The molecule has 5 heteroatoms. The largest absolute Gasteiger partial charge is 0.480 e. The van der Waals surface area contributed by atoms with Crippen molar-refractivity contribution < 1.29 is 19.4 Å². The number of carboxylic acid groups (broad SMARTS) is 1. The first-order chi connectivity index (χ1) is 9.41. The number of rotatable bonds is 8. The van der Waals surface area contributed by atoms with Crippen molar-refractivity contribution in [3.63, 3.8) is 0 Å². The van der Waals surface area contributed by atoms with Crippen molar-refractivity contribution in [2.75, 3.05) is 6.61 Å². The highest BCUT2D eigenvalue weighted by Gasteiger charge is 2.21. The lowest BCUT2D eigenvalue weighted by Gasteiger charge is -2.22. The maximum Gasteiger partial charge on any atom is 0.326 e. The van der Waals surface area contributed by atoms with Gasteiger partial charge in [-0.3, -0.25) is 4.79 Å². The smallest absolute Gasteiger partial charge is 0.326 e. The van der Waals surface area contributed by atoms with Crippen LogP contribution in [0.25, 0.3) is 0 Å². The van der Waals surface area contributed by atoms with Gasteiger partial charge in [0.1, 0.15) is 6.04 Å². The second-order valence-electron chi connectivity index (χ2n) is 7.62. The summed E-state index contributed by atoms with van der Waals surface area (Å²) in [4.78, 5) is 22.9. The fourth-order valence-electron chi connectivity index (χ4n) is 1.79. The Kier molecular flexibility index (Phi) is 7.93. The van der Waals surface area contributed by atoms with Crippen molar-refractivity contribution in [1.82, 2.24) is 5.32 Å². The summed E-state index contributed by atoms with van der Waals surface area (Å²) in [5.41, 5.74) is -0.118. The Balaban J connectivity index is 4.13. The quantitative estimate of drug-likeness (QED) is 0.722. The zero-order chi connectivity index (χ0) is 16.7. The summed E-state index contributed by atoms with van der Waals surface area (Å²) in [6, 6.07) is -0.880. The van der Waals surface area contributed by atoms with Gasteiger partial charge in [0.2, 0.25) is 5.91 Å². The third-order valence-corrected chi connectivity index (χ3v) is 2.91. The molecule has 0 aliphatic rings. The van der Waals surface area contributed by atoms with Gasteiger partial charge in [-0.05, 0) is 39.0 Å². The molecule has 2 N–H and O–H groups in total. The van der Waals surface area contributed by atoms with Gasteiger partial charge < -0.3 is 15.2 Å². The first kappa shape index (κ1) is 19.9. The minimum atomic E-state index is -1.02. The summed E-state index contributed by atoms with van der Waals surface area (Å²) >= 11 is 0. The molecular weight excluding hydrogens is 270 g/mol. The Labute approximate surface area is 128 Å². The van der Waals surface area contributed by atoms with E-state index in [1.807, 2.05) is 20.8 Å². The van der Waals surface area contributed by atoms with E-state index in [4.69, 9.17) is 9.84 Å². The number of carboxylic acids is 1. The molecule has 0 rings (SSSR count). The Bertz CT molecular complexity index is 339. The summed E-state index contributed by atoms with van der Waals surface area (Å²) < 4.78 is 5.50. The average molecular weight is 301 g/mol. The molecule has 1 unspecified atom stereocenters. The van der Waals surface area contributed by atoms with Gasteiger partial charge in [-0.25, -0.2) is 4.79 Å². The van der Waals surface area contributed by atoms with Gasteiger partial charge in [-0.15, -0.1) is 0 Å². The molecule has 1 amide bonds. The van der Waals surface area contributed by atoms with Crippen LogP contribution in [0, 0.1) is 5.41 Å². The zero-order valence-electron chi connectivity index (χ0n) is 14.3. The number of nitrogens with one attached hydrogen (secondary N) is 1. The number of ether oxygens (including phenoxy) is 1. The van der Waals surface area contributed by atoms with Gasteiger partial charge in [0.15, 0.2) is 0 Å². The molecule has 0 fully saturated rings. The Morgan fingerprint density at radius 1 is 1.14 bits per heavy atom. The predicted molar refractivity (Wildman–Crippen MR) is 83.2 cm³/mol. The lowest BCUT2D eigenvalue weighted by atomic mass is 9.90. The highest BCUT2D eigenvalue weighted by molar-refractivity contribution is 5.83. The number of hydrogen-bond acceptors (Lipinski definition) is 3. The summed E-state index contributed by atoms with van der Waals surface area (Å²) in [5, 5.41) is 11.7. The highest BCUT2D eigenvalue weighted by Crippen LogP contribution is 2.21. The molecule has 0 saturated carbocycles. The van der Waals surface area contributed by atoms with Crippen molar-refractivity contribution in [3.8, 4) is 0 Å². The average Bonchev–Trinajstić information content (AvgIpc) is 2.23. The lowest BCUT2D eigenvalue weighted by Crippen LogP contribution is -2.42.